The van der Waals surface area contributed by atoms with Crippen LogP contribution in [-0.2, 0) is 11.2 Å². The SMILES string of the molecule is CCc1nc2ccccc2c(C(=O)Nc2ccc(OCCOC)nc2)c1C. The van der Waals surface area contributed by atoms with Crippen LogP contribution in [0, 0.1) is 6.92 Å². The number of hydrogen-bond acceptors (Lipinski definition) is 5. The Morgan fingerprint density at radius 1 is 1.15 bits per heavy atom. The minimum atomic E-state index is -0.171. The molecular weight excluding hydrogens is 342 g/mol. The van der Waals surface area contributed by atoms with Crippen LogP contribution in [0.15, 0.2) is 42.6 Å². The maximum Gasteiger partial charge on any atom is 0.256 e. The van der Waals surface area contributed by atoms with Gasteiger partial charge in [0.05, 0.1) is 29.6 Å². The lowest BCUT2D eigenvalue weighted by molar-refractivity contribution is 0.102. The molecule has 0 saturated heterocycles. The molecule has 0 saturated carbocycles. The zero-order chi connectivity index (χ0) is 19.2. The number of fused-ring (bicyclic) bond motifs is 1. The second kappa shape index (κ2) is 8.60. The molecule has 0 aliphatic heterocycles. The van der Waals surface area contributed by atoms with Crippen LogP contribution >= 0.6 is 0 Å². The summed E-state index contributed by atoms with van der Waals surface area (Å²) in [6.07, 6.45) is 2.35. The number of methoxy groups -OCH3 is 1. The number of ether oxygens (including phenoxy) is 2. The summed E-state index contributed by atoms with van der Waals surface area (Å²) < 4.78 is 10.4. The third-order valence-electron chi connectivity index (χ3n) is 4.33. The predicted molar refractivity (Wildman–Crippen MR) is 105 cm³/mol. The number of nitrogens with one attached hydrogen (secondary N) is 1. The highest BCUT2D eigenvalue weighted by Crippen LogP contribution is 2.24. The quantitative estimate of drug-likeness (QED) is 0.645. The molecule has 1 aromatic carbocycles. The van der Waals surface area contributed by atoms with Crippen molar-refractivity contribution in [2.45, 2.75) is 20.3 Å². The van der Waals surface area contributed by atoms with E-state index in [1.807, 2.05) is 38.1 Å². The maximum absolute atomic E-state index is 13.0. The van der Waals surface area contributed by atoms with Crippen LogP contribution in [0.5, 0.6) is 5.88 Å². The fraction of sp³-hybridized carbons (Fsp3) is 0.286. The van der Waals surface area contributed by atoms with E-state index in [0.29, 0.717) is 30.3 Å². The van der Waals surface area contributed by atoms with Gasteiger partial charge in [0.2, 0.25) is 5.88 Å². The number of anilines is 1. The first-order valence-electron chi connectivity index (χ1n) is 8.91. The molecule has 1 amide bonds. The molecule has 3 aromatic rings. The van der Waals surface area contributed by atoms with Crippen molar-refractivity contribution >= 4 is 22.5 Å². The van der Waals surface area contributed by atoms with Gasteiger partial charge in [0, 0.05) is 24.3 Å². The number of rotatable bonds is 7. The molecule has 0 bridgehead atoms. The number of aromatic nitrogens is 2. The van der Waals surface area contributed by atoms with E-state index in [0.717, 1.165) is 28.6 Å². The lowest BCUT2D eigenvalue weighted by Gasteiger charge is -2.14. The zero-order valence-corrected chi connectivity index (χ0v) is 15.8. The maximum atomic E-state index is 13.0. The summed E-state index contributed by atoms with van der Waals surface area (Å²) in [7, 11) is 1.62. The summed E-state index contributed by atoms with van der Waals surface area (Å²) in [6.45, 7) is 4.90. The molecule has 0 radical (unpaired) electrons. The van der Waals surface area contributed by atoms with Gasteiger partial charge in [0.15, 0.2) is 0 Å². The number of pyridine rings is 2. The summed E-state index contributed by atoms with van der Waals surface area (Å²) in [5.41, 5.74) is 3.92. The van der Waals surface area contributed by atoms with Crippen LogP contribution in [0.3, 0.4) is 0 Å². The molecule has 0 aliphatic carbocycles. The highest BCUT2D eigenvalue weighted by Gasteiger charge is 2.17. The number of benzene rings is 1. The molecule has 0 aliphatic rings. The second-order valence-corrected chi connectivity index (χ2v) is 6.11. The van der Waals surface area contributed by atoms with Gasteiger partial charge in [-0.05, 0) is 31.0 Å². The summed E-state index contributed by atoms with van der Waals surface area (Å²) in [4.78, 5) is 21.9. The molecule has 6 heteroatoms. The normalized spacial score (nSPS) is 10.8. The lowest BCUT2D eigenvalue weighted by atomic mass is 9.99. The van der Waals surface area contributed by atoms with Crippen LogP contribution in [-0.4, -0.2) is 36.2 Å². The monoisotopic (exact) mass is 365 g/mol. The largest absolute Gasteiger partial charge is 0.475 e. The number of para-hydroxylation sites is 1. The highest BCUT2D eigenvalue weighted by molar-refractivity contribution is 6.13. The average Bonchev–Trinajstić information content (AvgIpc) is 2.69. The predicted octanol–water partition coefficient (Wildman–Crippen LogP) is 3.78. The van der Waals surface area contributed by atoms with Crippen molar-refractivity contribution in [3.8, 4) is 5.88 Å². The van der Waals surface area contributed by atoms with Crippen molar-refractivity contribution in [1.82, 2.24) is 9.97 Å². The Kier molecular flexibility index (Phi) is 5.98. The van der Waals surface area contributed by atoms with Gasteiger partial charge in [-0.1, -0.05) is 25.1 Å². The zero-order valence-electron chi connectivity index (χ0n) is 15.8. The van der Waals surface area contributed by atoms with Crippen molar-refractivity contribution < 1.29 is 14.3 Å². The van der Waals surface area contributed by atoms with E-state index in [1.165, 1.54) is 0 Å². The molecule has 0 spiro atoms. The molecule has 2 heterocycles. The van der Waals surface area contributed by atoms with Gasteiger partial charge in [-0.2, -0.15) is 0 Å². The molecule has 1 N–H and O–H groups in total. The van der Waals surface area contributed by atoms with E-state index in [1.54, 1.807) is 25.4 Å². The van der Waals surface area contributed by atoms with Crippen molar-refractivity contribution in [3.63, 3.8) is 0 Å². The van der Waals surface area contributed by atoms with Gasteiger partial charge >= 0.3 is 0 Å². The molecule has 6 nitrogen and oxygen atoms in total. The Labute approximate surface area is 158 Å². The third kappa shape index (κ3) is 4.23. The third-order valence-corrected chi connectivity index (χ3v) is 4.33. The molecule has 0 fully saturated rings. The van der Waals surface area contributed by atoms with Crippen LogP contribution in [0.25, 0.3) is 10.9 Å². The standard InChI is InChI=1S/C21H23N3O3/c1-4-17-14(2)20(16-7-5-6-8-18(16)24-17)21(25)23-15-9-10-19(22-13-15)27-12-11-26-3/h5-10,13H,4,11-12H2,1-3H3,(H,23,25). The van der Waals surface area contributed by atoms with Gasteiger partial charge in [-0.15, -0.1) is 0 Å². The van der Waals surface area contributed by atoms with E-state index in [4.69, 9.17) is 9.47 Å². The van der Waals surface area contributed by atoms with Crippen LogP contribution in [0.4, 0.5) is 5.69 Å². The van der Waals surface area contributed by atoms with Crippen molar-refractivity contribution in [3.05, 3.63) is 59.4 Å². The Balaban J connectivity index is 1.85. The smallest absolute Gasteiger partial charge is 0.256 e. The number of carbonyl (C=O) groups excluding carboxylic acids is 1. The van der Waals surface area contributed by atoms with Gasteiger partial charge < -0.3 is 14.8 Å². The highest BCUT2D eigenvalue weighted by atomic mass is 16.5. The summed E-state index contributed by atoms with van der Waals surface area (Å²) in [5.74, 6) is 0.319. The van der Waals surface area contributed by atoms with E-state index < -0.39 is 0 Å². The van der Waals surface area contributed by atoms with Crippen molar-refractivity contribution in [2.75, 3.05) is 25.6 Å². The van der Waals surface area contributed by atoms with E-state index in [2.05, 4.69) is 15.3 Å². The molecule has 27 heavy (non-hydrogen) atoms. The minimum Gasteiger partial charge on any atom is -0.475 e. The first kappa shape index (κ1) is 18.8. The Hall–Kier alpha value is -2.99. The molecule has 3 rings (SSSR count). The second-order valence-electron chi connectivity index (χ2n) is 6.11. The van der Waals surface area contributed by atoms with E-state index in [9.17, 15) is 4.79 Å². The fourth-order valence-corrected chi connectivity index (χ4v) is 2.96. The van der Waals surface area contributed by atoms with Gasteiger partial charge in [0.25, 0.3) is 5.91 Å². The Morgan fingerprint density at radius 2 is 1.96 bits per heavy atom. The summed E-state index contributed by atoms with van der Waals surface area (Å²) in [6, 6.07) is 11.2. The molecule has 0 atom stereocenters. The fourth-order valence-electron chi connectivity index (χ4n) is 2.96. The van der Waals surface area contributed by atoms with E-state index >= 15 is 0 Å². The molecular formula is C21H23N3O3. The topological polar surface area (TPSA) is 73.3 Å². The molecule has 0 unspecified atom stereocenters. The Morgan fingerprint density at radius 3 is 2.67 bits per heavy atom. The van der Waals surface area contributed by atoms with Gasteiger partial charge in [0.1, 0.15) is 6.61 Å². The van der Waals surface area contributed by atoms with Crippen molar-refractivity contribution in [1.29, 1.82) is 0 Å². The number of amides is 1. The van der Waals surface area contributed by atoms with Crippen LogP contribution < -0.4 is 10.1 Å². The number of aryl methyl sites for hydroxylation is 1. The average molecular weight is 365 g/mol. The molecule has 2 aromatic heterocycles. The summed E-state index contributed by atoms with van der Waals surface area (Å²) in [5, 5.41) is 3.77. The van der Waals surface area contributed by atoms with Crippen LogP contribution in [0.1, 0.15) is 28.5 Å². The first-order valence-corrected chi connectivity index (χ1v) is 8.91. The Bertz CT molecular complexity index is 939. The summed E-state index contributed by atoms with van der Waals surface area (Å²) >= 11 is 0. The van der Waals surface area contributed by atoms with E-state index in [-0.39, 0.29) is 5.91 Å². The van der Waals surface area contributed by atoms with Gasteiger partial charge in [-0.25, -0.2) is 4.98 Å². The van der Waals surface area contributed by atoms with Crippen LogP contribution in [0.2, 0.25) is 0 Å². The number of carbonyl (C=O) groups is 1. The lowest BCUT2D eigenvalue weighted by Crippen LogP contribution is -2.16. The first-order chi connectivity index (χ1) is 13.1. The van der Waals surface area contributed by atoms with Gasteiger partial charge in [-0.3, -0.25) is 9.78 Å². The number of hydrogen-bond donors (Lipinski definition) is 1. The molecule has 140 valence electrons. The minimum absolute atomic E-state index is 0.171. The number of nitrogens with zero attached hydrogens (tertiary/aromatic N) is 2. The van der Waals surface area contributed by atoms with Crippen molar-refractivity contribution in [2.24, 2.45) is 0 Å².